The van der Waals surface area contributed by atoms with Crippen molar-refractivity contribution in [2.75, 3.05) is 0 Å². The van der Waals surface area contributed by atoms with E-state index >= 15 is 0 Å². The molecular formula is C9H6ClNO. The molecule has 2 nitrogen and oxygen atoms in total. The number of hydrogen-bond acceptors (Lipinski definition) is 1. The van der Waals surface area contributed by atoms with Gasteiger partial charge in [-0.05, 0) is 35.9 Å². The second-order valence-corrected chi connectivity index (χ2v) is 2.87. The lowest BCUT2D eigenvalue weighted by molar-refractivity contribution is 0.108. The van der Waals surface area contributed by atoms with Crippen LogP contribution in [0.3, 0.4) is 0 Å². The Bertz CT molecular complexity index is 433. The summed E-state index contributed by atoms with van der Waals surface area (Å²) in [5.41, 5.74) is 1.50. The van der Waals surface area contributed by atoms with E-state index < -0.39 is 5.24 Å². The summed E-state index contributed by atoms with van der Waals surface area (Å²) in [5.74, 6) is 0. The Balaban J connectivity index is 2.68. The molecule has 0 aromatic carbocycles. The standard InChI is InChI=1S/C9H6ClNO/c10-9(12)7-3-5-11-4-1-2-8(11)6-7/h1-6H. The minimum absolute atomic E-state index is 0.418. The first-order valence-electron chi connectivity index (χ1n) is 3.54. The van der Waals surface area contributed by atoms with E-state index in [0.29, 0.717) is 5.56 Å². The van der Waals surface area contributed by atoms with Crippen molar-refractivity contribution < 1.29 is 4.79 Å². The zero-order valence-corrected chi connectivity index (χ0v) is 6.95. The van der Waals surface area contributed by atoms with Gasteiger partial charge >= 0.3 is 0 Å². The summed E-state index contributed by atoms with van der Waals surface area (Å²) in [6.45, 7) is 0. The highest BCUT2D eigenvalue weighted by Gasteiger charge is 2.01. The van der Waals surface area contributed by atoms with Crippen LogP contribution in [0.1, 0.15) is 10.4 Å². The molecule has 2 aromatic heterocycles. The number of carbonyl (C=O) groups is 1. The fourth-order valence-corrected chi connectivity index (χ4v) is 1.27. The lowest BCUT2D eigenvalue weighted by atomic mass is 10.3. The maximum atomic E-state index is 10.8. The molecule has 0 N–H and O–H groups in total. The minimum Gasteiger partial charge on any atom is -0.324 e. The number of pyridine rings is 1. The van der Waals surface area contributed by atoms with Crippen LogP contribution in [-0.4, -0.2) is 9.64 Å². The van der Waals surface area contributed by atoms with Crippen LogP contribution in [0, 0.1) is 0 Å². The first kappa shape index (κ1) is 7.37. The lowest BCUT2D eigenvalue weighted by Gasteiger charge is -1.95. The molecule has 2 rings (SSSR count). The maximum absolute atomic E-state index is 10.8. The summed E-state index contributed by atoms with van der Waals surface area (Å²) in [6.07, 6.45) is 3.72. The average molecular weight is 180 g/mol. The van der Waals surface area contributed by atoms with Crippen LogP contribution in [0.4, 0.5) is 0 Å². The zero-order chi connectivity index (χ0) is 8.55. The van der Waals surface area contributed by atoms with Gasteiger partial charge in [0.2, 0.25) is 0 Å². The predicted molar refractivity (Wildman–Crippen MR) is 47.6 cm³/mol. The van der Waals surface area contributed by atoms with E-state index in [4.69, 9.17) is 11.6 Å². The highest BCUT2D eigenvalue weighted by molar-refractivity contribution is 6.67. The van der Waals surface area contributed by atoms with E-state index in [9.17, 15) is 4.79 Å². The minimum atomic E-state index is -0.418. The number of fused-ring (bicyclic) bond motifs is 1. The van der Waals surface area contributed by atoms with Gasteiger partial charge in [0.25, 0.3) is 5.24 Å². The molecule has 60 valence electrons. The summed E-state index contributed by atoms with van der Waals surface area (Å²) in [4.78, 5) is 10.8. The van der Waals surface area contributed by atoms with Crippen molar-refractivity contribution in [3.05, 3.63) is 42.2 Å². The third kappa shape index (κ3) is 1.10. The quantitative estimate of drug-likeness (QED) is 0.616. The third-order valence-corrected chi connectivity index (χ3v) is 1.98. The summed E-state index contributed by atoms with van der Waals surface area (Å²) >= 11 is 5.32. The summed E-state index contributed by atoms with van der Waals surface area (Å²) < 4.78 is 1.92. The number of rotatable bonds is 1. The van der Waals surface area contributed by atoms with E-state index in [0.717, 1.165) is 5.52 Å². The average Bonchev–Trinajstić information content (AvgIpc) is 2.49. The van der Waals surface area contributed by atoms with Crippen LogP contribution in [0.2, 0.25) is 0 Å². The molecule has 0 fully saturated rings. The molecule has 0 bridgehead atoms. The Kier molecular flexibility index (Phi) is 1.62. The molecule has 0 atom stereocenters. The number of aromatic nitrogens is 1. The van der Waals surface area contributed by atoms with Gasteiger partial charge in [0.15, 0.2) is 0 Å². The molecule has 0 aliphatic rings. The molecule has 2 heterocycles. The largest absolute Gasteiger partial charge is 0.324 e. The van der Waals surface area contributed by atoms with Gasteiger partial charge in [0, 0.05) is 23.5 Å². The molecule has 0 saturated carbocycles. The lowest BCUT2D eigenvalue weighted by Crippen LogP contribution is -1.90. The van der Waals surface area contributed by atoms with Gasteiger partial charge in [-0.25, -0.2) is 0 Å². The molecule has 0 amide bonds. The van der Waals surface area contributed by atoms with Crippen molar-refractivity contribution in [1.82, 2.24) is 4.40 Å². The molecule has 0 radical (unpaired) electrons. The van der Waals surface area contributed by atoms with Crippen molar-refractivity contribution in [2.45, 2.75) is 0 Å². The Labute approximate surface area is 74.4 Å². The van der Waals surface area contributed by atoms with Crippen molar-refractivity contribution in [1.29, 1.82) is 0 Å². The van der Waals surface area contributed by atoms with Crippen LogP contribution < -0.4 is 0 Å². The van der Waals surface area contributed by atoms with E-state index in [1.54, 1.807) is 12.1 Å². The summed E-state index contributed by atoms with van der Waals surface area (Å²) in [6, 6.07) is 7.29. The Hall–Kier alpha value is -1.28. The van der Waals surface area contributed by atoms with Gasteiger partial charge in [-0.1, -0.05) is 0 Å². The van der Waals surface area contributed by atoms with Crippen LogP contribution in [-0.2, 0) is 0 Å². The highest BCUT2D eigenvalue weighted by atomic mass is 35.5. The Morgan fingerprint density at radius 3 is 2.92 bits per heavy atom. The molecule has 3 heteroatoms. The Morgan fingerprint density at radius 1 is 1.33 bits per heavy atom. The van der Waals surface area contributed by atoms with Crippen molar-refractivity contribution in [2.24, 2.45) is 0 Å². The molecule has 0 aliphatic heterocycles. The predicted octanol–water partition coefficient (Wildman–Crippen LogP) is 2.32. The Morgan fingerprint density at radius 2 is 2.17 bits per heavy atom. The van der Waals surface area contributed by atoms with Gasteiger partial charge in [0.05, 0.1) is 0 Å². The van der Waals surface area contributed by atoms with Crippen LogP contribution >= 0.6 is 11.6 Å². The third-order valence-electron chi connectivity index (χ3n) is 1.76. The SMILES string of the molecule is O=C(Cl)c1ccn2cccc2c1. The normalized spacial score (nSPS) is 10.4. The van der Waals surface area contributed by atoms with Gasteiger partial charge < -0.3 is 4.40 Å². The van der Waals surface area contributed by atoms with E-state index in [1.807, 2.05) is 28.9 Å². The van der Waals surface area contributed by atoms with Crippen LogP contribution in [0.5, 0.6) is 0 Å². The van der Waals surface area contributed by atoms with Crippen LogP contribution in [0.15, 0.2) is 36.7 Å². The fraction of sp³-hybridized carbons (Fsp3) is 0. The zero-order valence-electron chi connectivity index (χ0n) is 6.20. The van der Waals surface area contributed by atoms with Crippen molar-refractivity contribution in [3.8, 4) is 0 Å². The van der Waals surface area contributed by atoms with Crippen LogP contribution in [0.25, 0.3) is 5.52 Å². The van der Waals surface area contributed by atoms with Gasteiger partial charge in [-0.2, -0.15) is 0 Å². The van der Waals surface area contributed by atoms with E-state index in [2.05, 4.69) is 0 Å². The molecular weight excluding hydrogens is 174 g/mol. The number of halogens is 1. The van der Waals surface area contributed by atoms with Gasteiger partial charge in [-0.3, -0.25) is 4.79 Å². The van der Waals surface area contributed by atoms with Crippen molar-refractivity contribution in [3.63, 3.8) is 0 Å². The topological polar surface area (TPSA) is 21.5 Å². The molecule has 0 aliphatic carbocycles. The smallest absolute Gasteiger partial charge is 0.252 e. The maximum Gasteiger partial charge on any atom is 0.252 e. The first-order valence-corrected chi connectivity index (χ1v) is 3.92. The van der Waals surface area contributed by atoms with E-state index in [1.165, 1.54) is 0 Å². The molecule has 0 unspecified atom stereocenters. The number of hydrogen-bond donors (Lipinski definition) is 0. The number of nitrogens with zero attached hydrogens (tertiary/aromatic N) is 1. The summed E-state index contributed by atoms with van der Waals surface area (Å²) in [7, 11) is 0. The second kappa shape index (κ2) is 2.64. The molecule has 2 aromatic rings. The highest BCUT2D eigenvalue weighted by Crippen LogP contribution is 2.09. The molecule has 0 saturated heterocycles. The van der Waals surface area contributed by atoms with Gasteiger partial charge in [0.1, 0.15) is 0 Å². The first-order chi connectivity index (χ1) is 5.77. The monoisotopic (exact) mass is 179 g/mol. The van der Waals surface area contributed by atoms with Gasteiger partial charge in [-0.15, -0.1) is 0 Å². The molecule has 0 spiro atoms. The fourth-order valence-electron chi connectivity index (χ4n) is 1.16. The van der Waals surface area contributed by atoms with E-state index in [-0.39, 0.29) is 0 Å². The number of carbonyl (C=O) groups excluding carboxylic acids is 1. The molecule has 12 heavy (non-hydrogen) atoms. The summed E-state index contributed by atoms with van der Waals surface area (Å²) in [5, 5.41) is -0.418. The second-order valence-electron chi connectivity index (χ2n) is 2.53. The van der Waals surface area contributed by atoms with Crippen molar-refractivity contribution >= 4 is 22.4 Å².